The predicted molar refractivity (Wildman–Crippen MR) is 76.2 cm³/mol. The summed E-state index contributed by atoms with van der Waals surface area (Å²) in [4.78, 5) is 29.1. The van der Waals surface area contributed by atoms with E-state index < -0.39 is 5.41 Å². The molecule has 5 heteroatoms. The van der Waals surface area contributed by atoms with Crippen molar-refractivity contribution in [3.8, 4) is 0 Å². The molecular weight excluding hydrogens is 256 g/mol. The first-order chi connectivity index (χ1) is 9.65. The molecule has 1 aliphatic carbocycles. The number of hydrogen-bond donors (Lipinski definition) is 0. The van der Waals surface area contributed by atoms with Crippen LogP contribution in [0.2, 0.25) is 0 Å². The number of hydrogen-bond acceptors (Lipinski definition) is 3. The van der Waals surface area contributed by atoms with Gasteiger partial charge in [-0.3, -0.25) is 9.59 Å². The van der Waals surface area contributed by atoms with Crippen LogP contribution in [0.1, 0.15) is 39.5 Å². The molecule has 0 spiro atoms. The minimum absolute atomic E-state index is 0.0306. The standard InChI is InChI=1S/C15H26N2O3/c1-3-7-16(8-4-2)13(18)15(5-6-15)14(19)17-9-11-20-12-10-17/h3-12H2,1-2H3. The zero-order valence-corrected chi connectivity index (χ0v) is 12.7. The molecule has 0 N–H and O–H groups in total. The van der Waals surface area contributed by atoms with Gasteiger partial charge in [0.1, 0.15) is 5.41 Å². The van der Waals surface area contributed by atoms with Crippen LogP contribution >= 0.6 is 0 Å². The van der Waals surface area contributed by atoms with Crippen molar-refractivity contribution in [3.63, 3.8) is 0 Å². The molecule has 1 aliphatic heterocycles. The molecule has 1 saturated carbocycles. The number of ether oxygens (including phenoxy) is 1. The van der Waals surface area contributed by atoms with Crippen molar-refractivity contribution in [3.05, 3.63) is 0 Å². The van der Waals surface area contributed by atoms with E-state index in [-0.39, 0.29) is 11.8 Å². The highest BCUT2D eigenvalue weighted by molar-refractivity contribution is 6.07. The lowest BCUT2D eigenvalue weighted by molar-refractivity contribution is -0.152. The molecule has 2 amide bonds. The van der Waals surface area contributed by atoms with Crippen molar-refractivity contribution < 1.29 is 14.3 Å². The summed E-state index contributed by atoms with van der Waals surface area (Å²) in [6, 6.07) is 0. The minimum Gasteiger partial charge on any atom is -0.378 e. The smallest absolute Gasteiger partial charge is 0.238 e. The Bertz CT molecular complexity index is 354. The molecule has 5 nitrogen and oxygen atoms in total. The molecule has 1 saturated heterocycles. The van der Waals surface area contributed by atoms with Crippen molar-refractivity contribution in [1.82, 2.24) is 9.80 Å². The second kappa shape index (κ2) is 6.57. The zero-order chi connectivity index (χ0) is 14.6. The molecule has 0 radical (unpaired) electrons. The predicted octanol–water partition coefficient (Wildman–Crippen LogP) is 1.27. The molecule has 2 rings (SSSR count). The molecule has 0 aromatic heterocycles. The second-order valence-corrected chi connectivity index (χ2v) is 5.78. The van der Waals surface area contributed by atoms with Crippen LogP contribution in [0.3, 0.4) is 0 Å². The lowest BCUT2D eigenvalue weighted by Crippen LogP contribution is -2.50. The third-order valence-electron chi connectivity index (χ3n) is 4.14. The molecule has 0 aromatic rings. The van der Waals surface area contributed by atoms with E-state index in [1.165, 1.54) is 0 Å². The summed E-state index contributed by atoms with van der Waals surface area (Å²) in [5, 5.41) is 0. The Balaban J connectivity index is 2.04. The van der Waals surface area contributed by atoms with E-state index >= 15 is 0 Å². The summed E-state index contributed by atoms with van der Waals surface area (Å²) in [5.74, 6) is 0.0840. The fourth-order valence-electron chi connectivity index (χ4n) is 2.87. The highest BCUT2D eigenvalue weighted by Gasteiger charge is 2.59. The zero-order valence-electron chi connectivity index (χ0n) is 12.7. The lowest BCUT2D eigenvalue weighted by Gasteiger charge is -2.32. The van der Waals surface area contributed by atoms with E-state index in [1.807, 2.05) is 9.80 Å². The first-order valence-electron chi connectivity index (χ1n) is 7.82. The van der Waals surface area contributed by atoms with Crippen molar-refractivity contribution >= 4 is 11.8 Å². The average Bonchev–Trinajstić information content (AvgIpc) is 3.28. The summed E-state index contributed by atoms with van der Waals surface area (Å²) in [6.45, 7) is 8.06. The number of morpholine rings is 1. The van der Waals surface area contributed by atoms with E-state index in [9.17, 15) is 9.59 Å². The Hall–Kier alpha value is -1.10. The normalized spacial score (nSPS) is 20.6. The Morgan fingerprint density at radius 1 is 1.10 bits per heavy atom. The van der Waals surface area contributed by atoms with Gasteiger partial charge < -0.3 is 14.5 Å². The number of amides is 2. The van der Waals surface area contributed by atoms with Gasteiger partial charge in [-0.1, -0.05) is 13.8 Å². The van der Waals surface area contributed by atoms with E-state index in [2.05, 4.69) is 13.8 Å². The average molecular weight is 282 g/mol. The van der Waals surface area contributed by atoms with Crippen LogP contribution in [0, 0.1) is 5.41 Å². The fraction of sp³-hybridized carbons (Fsp3) is 0.867. The van der Waals surface area contributed by atoms with Crippen LogP contribution in [0.25, 0.3) is 0 Å². The Labute approximate surface area is 121 Å². The summed E-state index contributed by atoms with van der Waals surface area (Å²) >= 11 is 0. The monoisotopic (exact) mass is 282 g/mol. The maximum absolute atomic E-state index is 12.7. The maximum atomic E-state index is 12.7. The van der Waals surface area contributed by atoms with Gasteiger partial charge >= 0.3 is 0 Å². The van der Waals surface area contributed by atoms with Gasteiger partial charge in [-0.25, -0.2) is 0 Å². The molecule has 0 atom stereocenters. The number of rotatable bonds is 6. The third-order valence-corrected chi connectivity index (χ3v) is 4.14. The van der Waals surface area contributed by atoms with E-state index in [0.717, 1.165) is 25.9 Å². The van der Waals surface area contributed by atoms with Crippen LogP contribution in [0.5, 0.6) is 0 Å². The molecule has 2 aliphatic rings. The quantitative estimate of drug-likeness (QED) is 0.689. The van der Waals surface area contributed by atoms with Crippen LogP contribution < -0.4 is 0 Å². The maximum Gasteiger partial charge on any atom is 0.238 e. The van der Waals surface area contributed by atoms with E-state index in [1.54, 1.807) is 0 Å². The van der Waals surface area contributed by atoms with Gasteiger partial charge in [-0.05, 0) is 25.7 Å². The SMILES string of the molecule is CCCN(CCC)C(=O)C1(C(=O)N2CCOCC2)CC1. The molecule has 1 heterocycles. The molecule has 114 valence electrons. The Morgan fingerprint density at radius 3 is 2.10 bits per heavy atom. The molecule has 2 fully saturated rings. The van der Waals surface area contributed by atoms with Crippen LogP contribution in [-0.4, -0.2) is 61.0 Å². The van der Waals surface area contributed by atoms with Gasteiger partial charge in [0.05, 0.1) is 13.2 Å². The first-order valence-corrected chi connectivity index (χ1v) is 7.82. The molecule has 20 heavy (non-hydrogen) atoms. The molecule has 0 bridgehead atoms. The first kappa shape index (κ1) is 15.3. The summed E-state index contributed by atoms with van der Waals surface area (Å²) in [5.41, 5.74) is -0.734. The third kappa shape index (κ3) is 2.97. The van der Waals surface area contributed by atoms with E-state index in [0.29, 0.717) is 39.1 Å². The van der Waals surface area contributed by atoms with Crippen LogP contribution in [0.15, 0.2) is 0 Å². The summed E-state index contributed by atoms with van der Waals surface area (Å²) in [7, 11) is 0. The Kier molecular flexibility index (Phi) is 5.02. The van der Waals surface area contributed by atoms with Crippen molar-refractivity contribution in [1.29, 1.82) is 0 Å². The lowest BCUT2D eigenvalue weighted by atomic mass is 10.0. The molecule has 0 aromatic carbocycles. The van der Waals surface area contributed by atoms with Gasteiger partial charge in [0.15, 0.2) is 0 Å². The van der Waals surface area contributed by atoms with Gasteiger partial charge in [0.25, 0.3) is 0 Å². The number of carbonyl (C=O) groups excluding carboxylic acids is 2. The minimum atomic E-state index is -0.734. The molecular formula is C15H26N2O3. The van der Waals surface area contributed by atoms with Crippen LogP contribution in [0.4, 0.5) is 0 Å². The Morgan fingerprint density at radius 2 is 1.65 bits per heavy atom. The highest BCUT2D eigenvalue weighted by atomic mass is 16.5. The van der Waals surface area contributed by atoms with Crippen molar-refractivity contribution in [2.24, 2.45) is 5.41 Å². The van der Waals surface area contributed by atoms with Gasteiger partial charge in [-0.2, -0.15) is 0 Å². The van der Waals surface area contributed by atoms with Crippen molar-refractivity contribution in [2.75, 3.05) is 39.4 Å². The number of nitrogens with zero attached hydrogens (tertiary/aromatic N) is 2. The topological polar surface area (TPSA) is 49.9 Å². The van der Waals surface area contributed by atoms with Gasteiger partial charge in [0.2, 0.25) is 11.8 Å². The number of carbonyl (C=O) groups is 2. The highest BCUT2D eigenvalue weighted by Crippen LogP contribution is 2.49. The fourth-order valence-corrected chi connectivity index (χ4v) is 2.87. The summed E-state index contributed by atoms with van der Waals surface area (Å²) in [6.07, 6.45) is 3.30. The second-order valence-electron chi connectivity index (χ2n) is 5.78. The van der Waals surface area contributed by atoms with E-state index in [4.69, 9.17) is 4.74 Å². The van der Waals surface area contributed by atoms with Gasteiger partial charge in [0, 0.05) is 26.2 Å². The molecule has 0 unspecified atom stereocenters. The van der Waals surface area contributed by atoms with Gasteiger partial charge in [-0.15, -0.1) is 0 Å². The van der Waals surface area contributed by atoms with Crippen LogP contribution in [-0.2, 0) is 14.3 Å². The largest absolute Gasteiger partial charge is 0.378 e. The van der Waals surface area contributed by atoms with Crippen molar-refractivity contribution in [2.45, 2.75) is 39.5 Å². The summed E-state index contributed by atoms with van der Waals surface area (Å²) < 4.78 is 5.28.